The van der Waals surface area contributed by atoms with Gasteiger partial charge in [0.05, 0.1) is 13.7 Å². The molecule has 1 saturated heterocycles. The maximum atomic E-state index is 12.0. The normalized spacial score (nSPS) is 25.7. The highest BCUT2D eigenvalue weighted by Gasteiger charge is 2.40. The van der Waals surface area contributed by atoms with E-state index in [1.54, 1.807) is 0 Å². The molecule has 1 unspecified atom stereocenters. The van der Waals surface area contributed by atoms with Crippen molar-refractivity contribution in [3.05, 3.63) is 0 Å². The molecule has 0 saturated carbocycles. The Morgan fingerprint density at radius 2 is 2.12 bits per heavy atom. The van der Waals surface area contributed by atoms with Gasteiger partial charge in [0.1, 0.15) is 11.6 Å². The highest BCUT2D eigenvalue weighted by atomic mass is 16.5. The molecule has 0 aliphatic carbocycles. The Bertz CT molecular complexity index is 298. The summed E-state index contributed by atoms with van der Waals surface area (Å²) in [5.41, 5.74) is 4.88. The zero-order chi connectivity index (χ0) is 13.1. The molecule has 0 spiro atoms. The molecule has 1 fully saturated rings. The summed E-state index contributed by atoms with van der Waals surface area (Å²) in [6.07, 6.45) is 0.463. The van der Waals surface area contributed by atoms with Gasteiger partial charge in [0.2, 0.25) is 5.91 Å². The second kappa shape index (κ2) is 5.46. The molecule has 1 aliphatic rings. The van der Waals surface area contributed by atoms with Crippen LogP contribution in [0.1, 0.15) is 20.3 Å². The Labute approximate surface area is 101 Å². The molecule has 1 amide bonds. The first-order valence-corrected chi connectivity index (χ1v) is 5.66. The van der Waals surface area contributed by atoms with Crippen LogP contribution in [0.4, 0.5) is 0 Å². The average Bonchev–Trinajstić information content (AvgIpc) is 2.72. The third-order valence-corrected chi connectivity index (χ3v) is 2.91. The van der Waals surface area contributed by atoms with Crippen LogP contribution in [0, 0.1) is 5.92 Å². The number of carbonyl (C=O) groups excluding carboxylic acids is 2. The van der Waals surface area contributed by atoms with Crippen LogP contribution in [0.5, 0.6) is 0 Å². The molecule has 6 heteroatoms. The van der Waals surface area contributed by atoms with Crippen LogP contribution in [0.3, 0.4) is 0 Å². The lowest BCUT2D eigenvalue weighted by atomic mass is 9.97. The Balaban J connectivity index is 2.67. The van der Waals surface area contributed by atoms with Gasteiger partial charge in [0.25, 0.3) is 0 Å². The van der Waals surface area contributed by atoms with Gasteiger partial charge in [0, 0.05) is 6.61 Å². The fourth-order valence-corrected chi connectivity index (χ4v) is 1.67. The minimum Gasteiger partial charge on any atom is -0.467 e. The Hall–Kier alpha value is -1.14. The number of nitrogens with two attached hydrogens (primary N) is 1. The summed E-state index contributed by atoms with van der Waals surface area (Å²) in [5, 5.41) is 2.63. The number of nitrogens with one attached hydrogen (secondary N) is 1. The Morgan fingerprint density at radius 3 is 2.53 bits per heavy atom. The van der Waals surface area contributed by atoms with E-state index < -0.39 is 17.6 Å². The van der Waals surface area contributed by atoms with Crippen molar-refractivity contribution in [3.8, 4) is 0 Å². The van der Waals surface area contributed by atoms with Crippen molar-refractivity contribution in [1.29, 1.82) is 0 Å². The number of methoxy groups -OCH3 is 1. The molecule has 1 aliphatic heterocycles. The summed E-state index contributed by atoms with van der Waals surface area (Å²) in [7, 11) is 1.29. The standard InChI is InChI=1S/C11H20N2O4/c1-7(2)8(9(14)16-3)13-10(15)11(12)4-5-17-6-11/h7-8H,4-6,12H2,1-3H3,(H,13,15)/t8-,11?/m0/s1. The average molecular weight is 244 g/mol. The van der Waals surface area contributed by atoms with Crippen molar-refractivity contribution in [3.63, 3.8) is 0 Å². The molecule has 1 rings (SSSR count). The zero-order valence-corrected chi connectivity index (χ0v) is 10.5. The Morgan fingerprint density at radius 1 is 1.47 bits per heavy atom. The van der Waals surface area contributed by atoms with Gasteiger partial charge in [-0.1, -0.05) is 13.8 Å². The molecule has 0 bridgehead atoms. The van der Waals surface area contributed by atoms with E-state index >= 15 is 0 Å². The number of rotatable bonds is 4. The van der Waals surface area contributed by atoms with Crippen molar-refractivity contribution in [2.24, 2.45) is 11.7 Å². The third-order valence-electron chi connectivity index (χ3n) is 2.91. The largest absolute Gasteiger partial charge is 0.467 e. The first-order chi connectivity index (χ1) is 7.90. The summed E-state index contributed by atoms with van der Waals surface area (Å²) in [5.74, 6) is -0.882. The van der Waals surface area contributed by atoms with Crippen molar-refractivity contribution in [2.75, 3.05) is 20.3 Å². The minimum atomic E-state index is -1.03. The predicted molar refractivity (Wildman–Crippen MR) is 61.1 cm³/mol. The highest BCUT2D eigenvalue weighted by Crippen LogP contribution is 2.16. The van der Waals surface area contributed by atoms with Crippen molar-refractivity contribution < 1.29 is 19.1 Å². The van der Waals surface area contributed by atoms with Crippen molar-refractivity contribution in [1.82, 2.24) is 5.32 Å². The molecule has 0 aromatic heterocycles. The topological polar surface area (TPSA) is 90.7 Å². The van der Waals surface area contributed by atoms with Gasteiger partial charge in [-0.2, -0.15) is 0 Å². The molecule has 98 valence electrons. The number of carbonyl (C=O) groups is 2. The van der Waals surface area contributed by atoms with Crippen LogP contribution in [0.25, 0.3) is 0 Å². The minimum absolute atomic E-state index is 0.0580. The summed E-state index contributed by atoms with van der Waals surface area (Å²) in [4.78, 5) is 23.5. The lowest BCUT2D eigenvalue weighted by molar-refractivity contribution is -0.147. The van der Waals surface area contributed by atoms with Gasteiger partial charge >= 0.3 is 5.97 Å². The zero-order valence-electron chi connectivity index (χ0n) is 10.5. The fraction of sp³-hybridized carbons (Fsp3) is 0.818. The van der Waals surface area contributed by atoms with Gasteiger partial charge < -0.3 is 20.5 Å². The quantitative estimate of drug-likeness (QED) is 0.646. The number of esters is 1. The molecule has 2 atom stereocenters. The van der Waals surface area contributed by atoms with E-state index in [0.29, 0.717) is 13.0 Å². The first kappa shape index (κ1) is 13.9. The summed E-state index contributed by atoms with van der Waals surface area (Å²) >= 11 is 0. The van der Waals surface area contributed by atoms with Gasteiger partial charge in [-0.25, -0.2) is 4.79 Å². The third kappa shape index (κ3) is 3.17. The molecule has 0 aromatic carbocycles. The van der Waals surface area contributed by atoms with E-state index in [1.807, 2.05) is 13.8 Å². The summed E-state index contributed by atoms with van der Waals surface area (Å²) < 4.78 is 9.75. The first-order valence-electron chi connectivity index (χ1n) is 5.66. The molecule has 0 aromatic rings. The van der Waals surface area contributed by atoms with E-state index in [1.165, 1.54) is 7.11 Å². The van der Waals surface area contributed by atoms with Crippen LogP contribution >= 0.6 is 0 Å². The van der Waals surface area contributed by atoms with Crippen LogP contribution in [0.2, 0.25) is 0 Å². The summed E-state index contributed by atoms with van der Waals surface area (Å²) in [6, 6.07) is -0.673. The lowest BCUT2D eigenvalue weighted by Crippen LogP contribution is -2.59. The summed E-state index contributed by atoms with van der Waals surface area (Å²) in [6.45, 7) is 4.31. The SMILES string of the molecule is COC(=O)[C@@H](NC(=O)C1(N)CCOC1)C(C)C. The lowest BCUT2D eigenvalue weighted by Gasteiger charge is -2.26. The predicted octanol–water partition coefficient (Wildman–Crippen LogP) is -0.582. The maximum absolute atomic E-state index is 12.0. The molecule has 17 heavy (non-hydrogen) atoms. The van der Waals surface area contributed by atoms with E-state index in [0.717, 1.165) is 0 Å². The number of hydrogen-bond donors (Lipinski definition) is 2. The second-order valence-electron chi connectivity index (χ2n) is 4.68. The monoisotopic (exact) mass is 244 g/mol. The smallest absolute Gasteiger partial charge is 0.328 e. The van der Waals surface area contributed by atoms with E-state index in [4.69, 9.17) is 10.5 Å². The molecule has 3 N–H and O–H groups in total. The molecule has 1 heterocycles. The number of amides is 1. The number of hydrogen-bond acceptors (Lipinski definition) is 5. The Kier molecular flexibility index (Phi) is 4.47. The molecule has 0 radical (unpaired) electrons. The van der Waals surface area contributed by atoms with Crippen LogP contribution in [-0.4, -0.2) is 43.8 Å². The second-order valence-corrected chi connectivity index (χ2v) is 4.68. The van der Waals surface area contributed by atoms with Crippen LogP contribution in [-0.2, 0) is 19.1 Å². The molecule has 6 nitrogen and oxygen atoms in total. The highest BCUT2D eigenvalue weighted by molar-refractivity contribution is 5.90. The van der Waals surface area contributed by atoms with E-state index in [-0.39, 0.29) is 18.4 Å². The number of ether oxygens (including phenoxy) is 2. The van der Waals surface area contributed by atoms with Gasteiger partial charge in [-0.05, 0) is 12.3 Å². The van der Waals surface area contributed by atoms with Crippen LogP contribution < -0.4 is 11.1 Å². The van der Waals surface area contributed by atoms with Gasteiger partial charge in [-0.15, -0.1) is 0 Å². The fourth-order valence-electron chi connectivity index (χ4n) is 1.67. The van der Waals surface area contributed by atoms with Gasteiger partial charge in [0.15, 0.2) is 0 Å². The van der Waals surface area contributed by atoms with Crippen molar-refractivity contribution in [2.45, 2.75) is 31.8 Å². The van der Waals surface area contributed by atoms with Crippen molar-refractivity contribution >= 4 is 11.9 Å². The van der Waals surface area contributed by atoms with E-state index in [2.05, 4.69) is 10.1 Å². The molecular weight excluding hydrogens is 224 g/mol. The van der Waals surface area contributed by atoms with E-state index in [9.17, 15) is 9.59 Å². The maximum Gasteiger partial charge on any atom is 0.328 e. The van der Waals surface area contributed by atoms with Gasteiger partial charge in [-0.3, -0.25) is 4.79 Å². The van der Waals surface area contributed by atoms with Crippen LogP contribution in [0.15, 0.2) is 0 Å². The molecular formula is C11H20N2O4.